The maximum atomic E-state index is 12.8. The number of rotatable bonds is 6. The van der Waals surface area contributed by atoms with Crippen molar-refractivity contribution in [3.8, 4) is 23.3 Å². The summed E-state index contributed by atoms with van der Waals surface area (Å²) in [4.78, 5) is 25.4. The first kappa shape index (κ1) is 29.1. The van der Waals surface area contributed by atoms with Gasteiger partial charge in [-0.2, -0.15) is 0 Å². The molecule has 0 aliphatic carbocycles. The summed E-state index contributed by atoms with van der Waals surface area (Å²) in [6, 6.07) is 14.1. The van der Waals surface area contributed by atoms with Crippen molar-refractivity contribution in [1.29, 1.82) is 0 Å². The number of thiophene rings is 1. The number of carbonyl (C=O) groups is 2. The van der Waals surface area contributed by atoms with Crippen LogP contribution in [-0.2, 0) is 10.0 Å². The minimum atomic E-state index is -3.71. The number of aromatic carboxylic acids is 1. The van der Waals surface area contributed by atoms with Gasteiger partial charge in [0.05, 0.1) is 16.1 Å². The first-order valence-corrected chi connectivity index (χ1v) is 13.4. The highest BCUT2D eigenvalue weighted by atomic mass is 32.2. The van der Waals surface area contributed by atoms with E-state index in [1.807, 2.05) is 24.4 Å². The Labute approximate surface area is 221 Å². The van der Waals surface area contributed by atoms with Crippen LogP contribution in [0.4, 0.5) is 5.69 Å². The third-order valence-electron chi connectivity index (χ3n) is 5.19. The summed E-state index contributed by atoms with van der Waals surface area (Å²) < 4.78 is 26.8. The van der Waals surface area contributed by atoms with E-state index in [0.29, 0.717) is 18.7 Å². The lowest BCUT2D eigenvalue weighted by Gasteiger charge is -2.19. The Morgan fingerprint density at radius 2 is 1.78 bits per heavy atom. The Bertz CT molecular complexity index is 1390. The van der Waals surface area contributed by atoms with Crippen LogP contribution in [0.2, 0.25) is 0 Å². The molecule has 2 heterocycles. The van der Waals surface area contributed by atoms with E-state index in [1.54, 1.807) is 18.2 Å². The lowest BCUT2D eigenvalue weighted by molar-refractivity contribution is 0.0698. The fourth-order valence-electron chi connectivity index (χ4n) is 3.53. The summed E-state index contributed by atoms with van der Waals surface area (Å²) >= 11 is 1.49. The molecule has 0 spiro atoms. The Morgan fingerprint density at radius 3 is 2.30 bits per heavy atom. The van der Waals surface area contributed by atoms with E-state index in [-0.39, 0.29) is 21.7 Å². The molecule has 0 unspecified atom stereocenters. The zero-order valence-electron chi connectivity index (χ0n) is 20.4. The highest BCUT2D eigenvalue weighted by molar-refractivity contribution is 7.89. The number of carboxylic acid groups (broad SMARTS) is 1. The van der Waals surface area contributed by atoms with Crippen molar-refractivity contribution < 1.29 is 23.1 Å². The fourth-order valence-corrected chi connectivity index (χ4v) is 5.79. The second-order valence-corrected chi connectivity index (χ2v) is 10.5. The van der Waals surface area contributed by atoms with Gasteiger partial charge in [0.2, 0.25) is 0 Å². The summed E-state index contributed by atoms with van der Waals surface area (Å²) in [5.41, 5.74) is 1.64. The van der Waals surface area contributed by atoms with Gasteiger partial charge >= 0.3 is 5.97 Å². The number of anilines is 1. The molecule has 1 aromatic heterocycles. The van der Waals surface area contributed by atoms with Gasteiger partial charge in [0, 0.05) is 22.7 Å². The normalized spacial score (nSPS) is 12.4. The van der Waals surface area contributed by atoms with Crippen LogP contribution in [0.5, 0.6) is 0 Å². The van der Waals surface area contributed by atoms with E-state index < -0.39 is 21.9 Å². The van der Waals surface area contributed by atoms with Gasteiger partial charge in [-0.1, -0.05) is 24.8 Å². The number of hydrogen-bond acceptors (Lipinski definition) is 5. The third-order valence-corrected chi connectivity index (χ3v) is 8.00. The number of carboxylic acids is 1. The van der Waals surface area contributed by atoms with Crippen LogP contribution in [0.1, 0.15) is 40.5 Å². The molecule has 0 bridgehead atoms. The fraction of sp³-hybridized carbons (Fsp3) is 0.143. The zero-order valence-corrected chi connectivity index (χ0v) is 22.0. The summed E-state index contributed by atoms with van der Waals surface area (Å²) in [7, 11) is -3.71. The van der Waals surface area contributed by atoms with Crippen LogP contribution in [0.25, 0.3) is 10.4 Å². The lowest BCUT2D eigenvalue weighted by atomic mass is 10.1. The largest absolute Gasteiger partial charge is 0.478 e. The van der Waals surface area contributed by atoms with Crippen molar-refractivity contribution in [2.75, 3.05) is 11.9 Å². The van der Waals surface area contributed by atoms with Crippen LogP contribution in [0.3, 0.4) is 0 Å². The molecule has 2 N–H and O–H groups in total. The highest BCUT2D eigenvalue weighted by Crippen LogP contribution is 2.30. The number of nitrogens with zero attached hydrogens (tertiary/aromatic N) is 1. The van der Waals surface area contributed by atoms with Gasteiger partial charge in [-0.15, -0.1) is 30.8 Å². The van der Waals surface area contributed by atoms with Crippen molar-refractivity contribution in [3.05, 3.63) is 96.0 Å². The van der Waals surface area contributed by atoms with Crippen molar-refractivity contribution >= 4 is 38.9 Å². The number of allylic oxidation sites excluding steroid dienone is 2. The van der Waals surface area contributed by atoms with Gasteiger partial charge in [0.15, 0.2) is 0 Å². The lowest BCUT2D eigenvalue weighted by Crippen LogP contribution is -2.26. The second-order valence-electron chi connectivity index (χ2n) is 7.68. The number of terminal acetylenes is 1. The molecule has 1 aliphatic rings. The molecule has 37 heavy (non-hydrogen) atoms. The molecule has 2 aromatic carbocycles. The quantitative estimate of drug-likeness (QED) is 0.292. The molecule has 0 saturated carbocycles. The summed E-state index contributed by atoms with van der Waals surface area (Å²) in [5.74, 6) is -1.70. The molecule has 7 nitrogen and oxygen atoms in total. The van der Waals surface area contributed by atoms with E-state index in [4.69, 9.17) is 0 Å². The molecule has 1 saturated heterocycles. The molecule has 1 fully saturated rings. The van der Waals surface area contributed by atoms with E-state index in [2.05, 4.69) is 31.3 Å². The average molecular weight is 537 g/mol. The number of benzene rings is 2. The molecular weight excluding hydrogens is 508 g/mol. The summed E-state index contributed by atoms with van der Waals surface area (Å²) in [5, 5.41) is 14.1. The third kappa shape index (κ3) is 6.97. The van der Waals surface area contributed by atoms with E-state index in [9.17, 15) is 23.1 Å². The summed E-state index contributed by atoms with van der Waals surface area (Å²) in [6.45, 7) is 9.44. The van der Waals surface area contributed by atoms with Gasteiger partial charge in [0.1, 0.15) is 0 Å². The molecule has 1 amide bonds. The van der Waals surface area contributed by atoms with Gasteiger partial charge in [0.25, 0.3) is 15.9 Å². The van der Waals surface area contributed by atoms with E-state index in [0.717, 1.165) is 16.9 Å². The van der Waals surface area contributed by atoms with Crippen LogP contribution in [0, 0.1) is 12.8 Å². The standard InChI is InChI=1S/C23H20N2O5S2.C3H6.C2H2/c1-15-4-2-12-25(15)32(29,30)18-9-6-16(7-10-18)22(26)24-20-11-8-17(14-19(20)23(27)28)21-5-3-13-31-21;1-3-2;1-2/h3,5-11,13-14H,1-2,4,12H2,(H,24,26)(H,27,28);3H,1H2,2H3;1-2H. The Balaban J connectivity index is 0.000000898. The molecule has 0 atom stereocenters. The number of carbonyl (C=O) groups excluding carboxylic acids is 1. The SMILES string of the molecule is C#C.C=C1CCCN1S(=O)(=O)c1ccc(C(=O)Nc2ccc(-c3cccs3)cc2C(=O)O)cc1.C=CC. The first-order valence-electron chi connectivity index (χ1n) is 11.1. The predicted octanol–water partition coefficient (Wildman–Crippen LogP) is 6.11. The second kappa shape index (κ2) is 13.3. The summed E-state index contributed by atoms with van der Waals surface area (Å²) in [6.07, 6.45) is 11.1. The van der Waals surface area contributed by atoms with E-state index >= 15 is 0 Å². The molecule has 9 heteroatoms. The Kier molecular flexibility index (Phi) is 10.4. The highest BCUT2D eigenvalue weighted by Gasteiger charge is 2.29. The molecular formula is C28H28N2O5S2. The molecule has 192 valence electrons. The number of nitrogens with one attached hydrogen (secondary N) is 1. The molecule has 4 rings (SSSR count). The molecule has 3 aromatic rings. The van der Waals surface area contributed by atoms with Crippen LogP contribution >= 0.6 is 11.3 Å². The van der Waals surface area contributed by atoms with Crippen molar-refractivity contribution in [1.82, 2.24) is 4.31 Å². The number of sulfonamides is 1. The van der Waals surface area contributed by atoms with E-state index in [1.165, 1.54) is 46.0 Å². The minimum absolute atomic E-state index is 0.0315. The number of amides is 1. The predicted molar refractivity (Wildman–Crippen MR) is 149 cm³/mol. The maximum Gasteiger partial charge on any atom is 0.337 e. The minimum Gasteiger partial charge on any atom is -0.478 e. The van der Waals surface area contributed by atoms with Crippen molar-refractivity contribution in [3.63, 3.8) is 0 Å². The van der Waals surface area contributed by atoms with Gasteiger partial charge < -0.3 is 10.4 Å². The molecule has 1 aliphatic heterocycles. The van der Waals surface area contributed by atoms with Crippen LogP contribution in [0.15, 0.2) is 89.8 Å². The van der Waals surface area contributed by atoms with Crippen molar-refractivity contribution in [2.45, 2.75) is 24.7 Å². The number of hydrogen-bond donors (Lipinski definition) is 2. The smallest absolute Gasteiger partial charge is 0.337 e. The van der Waals surface area contributed by atoms with Gasteiger partial charge in [-0.3, -0.25) is 9.10 Å². The molecule has 0 radical (unpaired) electrons. The maximum absolute atomic E-state index is 12.8. The van der Waals surface area contributed by atoms with Gasteiger partial charge in [-0.25, -0.2) is 13.2 Å². The average Bonchev–Trinajstić information content (AvgIpc) is 3.58. The van der Waals surface area contributed by atoms with Crippen LogP contribution < -0.4 is 5.32 Å². The van der Waals surface area contributed by atoms with Gasteiger partial charge in [-0.05, 0) is 73.2 Å². The monoisotopic (exact) mass is 536 g/mol. The Morgan fingerprint density at radius 1 is 1.14 bits per heavy atom. The van der Waals surface area contributed by atoms with Crippen LogP contribution in [-0.4, -0.2) is 36.3 Å². The Hall–Kier alpha value is -4.13. The first-order chi connectivity index (χ1) is 17.7. The van der Waals surface area contributed by atoms with Crippen molar-refractivity contribution in [2.24, 2.45) is 0 Å². The zero-order chi connectivity index (χ0) is 27.6. The topological polar surface area (TPSA) is 104 Å².